The van der Waals surface area contributed by atoms with Crippen molar-refractivity contribution >= 4 is 5.69 Å². The lowest BCUT2D eigenvalue weighted by molar-refractivity contribution is -0.385. The molecule has 0 unspecified atom stereocenters. The largest absolute Gasteiger partial charge is 0.325 e. The lowest BCUT2D eigenvalue weighted by atomic mass is 10.0. The van der Waals surface area contributed by atoms with Crippen LogP contribution < -0.4 is 5.73 Å². The van der Waals surface area contributed by atoms with Crippen LogP contribution in [0.1, 0.15) is 11.1 Å². The first-order valence-corrected chi connectivity index (χ1v) is 4.67. The SMILES string of the molecule is Cc1ccc([N+](=O)[O-])c(CC(F)(F)CN)c1. The van der Waals surface area contributed by atoms with Crippen molar-refractivity contribution in [1.29, 1.82) is 0 Å². The van der Waals surface area contributed by atoms with Crippen LogP contribution in [0.3, 0.4) is 0 Å². The molecule has 4 nitrogen and oxygen atoms in total. The molecule has 1 aromatic rings. The summed E-state index contributed by atoms with van der Waals surface area (Å²) < 4.78 is 26.1. The van der Waals surface area contributed by atoms with E-state index in [4.69, 9.17) is 5.73 Å². The first kappa shape index (κ1) is 12.5. The molecule has 0 fully saturated rings. The van der Waals surface area contributed by atoms with Crippen molar-refractivity contribution in [3.8, 4) is 0 Å². The summed E-state index contributed by atoms with van der Waals surface area (Å²) in [6.07, 6.45) is -0.707. The van der Waals surface area contributed by atoms with Crippen molar-refractivity contribution in [2.45, 2.75) is 19.3 Å². The van der Waals surface area contributed by atoms with E-state index >= 15 is 0 Å². The zero-order valence-corrected chi connectivity index (χ0v) is 8.74. The fourth-order valence-corrected chi connectivity index (χ4v) is 1.38. The highest BCUT2D eigenvalue weighted by Gasteiger charge is 2.30. The van der Waals surface area contributed by atoms with Crippen molar-refractivity contribution in [2.75, 3.05) is 6.54 Å². The van der Waals surface area contributed by atoms with Crippen LogP contribution in [0.4, 0.5) is 14.5 Å². The van der Waals surface area contributed by atoms with Gasteiger partial charge >= 0.3 is 0 Å². The third-order valence-electron chi connectivity index (χ3n) is 2.18. The van der Waals surface area contributed by atoms with Gasteiger partial charge in [-0.2, -0.15) is 0 Å². The zero-order chi connectivity index (χ0) is 12.3. The van der Waals surface area contributed by atoms with E-state index in [2.05, 4.69) is 0 Å². The molecule has 0 aromatic heterocycles. The van der Waals surface area contributed by atoms with Crippen LogP contribution in [0, 0.1) is 17.0 Å². The van der Waals surface area contributed by atoms with Gasteiger partial charge in [0.2, 0.25) is 0 Å². The van der Waals surface area contributed by atoms with Gasteiger partial charge in [0.15, 0.2) is 0 Å². The number of rotatable bonds is 4. The van der Waals surface area contributed by atoms with Crippen LogP contribution in [0.2, 0.25) is 0 Å². The maximum atomic E-state index is 13.1. The highest BCUT2D eigenvalue weighted by atomic mass is 19.3. The summed E-state index contributed by atoms with van der Waals surface area (Å²) in [5, 5.41) is 10.6. The van der Waals surface area contributed by atoms with Crippen molar-refractivity contribution in [2.24, 2.45) is 5.73 Å². The van der Waals surface area contributed by atoms with Crippen molar-refractivity contribution in [3.63, 3.8) is 0 Å². The summed E-state index contributed by atoms with van der Waals surface area (Å²) in [4.78, 5) is 9.97. The van der Waals surface area contributed by atoms with E-state index in [0.717, 1.165) is 0 Å². The molecule has 1 rings (SSSR count). The van der Waals surface area contributed by atoms with Crippen LogP contribution in [0.15, 0.2) is 18.2 Å². The molecule has 1 aromatic carbocycles. The van der Waals surface area contributed by atoms with E-state index in [-0.39, 0.29) is 11.3 Å². The molecule has 0 atom stereocenters. The number of benzene rings is 1. The third-order valence-corrected chi connectivity index (χ3v) is 2.18. The molecular weight excluding hydrogens is 218 g/mol. The third kappa shape index (κ3) is 2.96. The number of hydrogen-bond acceptors (Lipinski definition) is 3. The molecule has 0 heterocycles. The highest BCUT2D eigenvalue weighted by Crippen LogP contribution is 2.26. The van der Waals surface area contributed by atoms with E-state index < -0.39 is 23.8 Å². The number of nitro groups is 1. The fourth-order valence-electron chi connectivity index (χ4n) is 1.38. The zero-order valence-electron chi connectivity index (χ0n) is 8.74. The molecule has 0 saturated carbocycles. The van der Waals surface area contributed by atoms with Crippen LogP contribution in [0.25, 0.3) is 0 Å². The van der Waals surface area contributed by atoms with E-state index in [1.165, 1.54) is 18.2 Å². The number of halogens is 2. The number of nitrogens with two attached hydrogens (primary N) is 1. The fraction of sp³-hybridized carbons (Fsp3) is 0.400. The van der Waals surface area contributed by atoms with E-state index in [0.29, 0.717) is 5.56 Å². The number of aryl methyl sites for hydroxylation is 1. The van der Waals surface area contributed by atoms with Crippen LogP contribution in [-0.4, -0.2) is 17.4 Å². The van der Waals surface area contributed by atoms with Gasteiger partial charge in [0.05, 0.1) is 11.5 Å². The summed E-state index contributed by atoms with van der Waals surface area (Å²) >= 11 is 0. The van der Waals surface area contributed by atoms with E-state index in [1.807, 2.05) is 0 Å². The first-order valence-electron chi connectivity index (χ1n) is 4.67. The minimum atomic E-state index is -3.11. The Morgan fingerprint density at radius 2 is 2.12 bits per heavy atom. The minimum Gasteiger partial charge on any atom is -0.325 e. The van der Waals surface area contributed by atoms with Crippen molar-refractivity contribution in [1.82, 2.24) is 0 Å². The minimum absolute atomic E-state index is 0.0143. The second-order valence-corrected chi connectivity index (χ2v) is 3.63. The number of hydrogen-bond donors (Lipinski definition) is 1. The van der Waals surface area contributed by atoms with Crippen molar-refractivity contribution < 1.29 is 13.7 Å². The molecule has 2 N–H and O–H groups in total. The second kappa shape index (κ2) is 4.52. The summed E-state index contributed by atoms with van der Waals surface area (Å²) in [5.41, 5.74) is 5.32. The summed E-state index contributed by atoms with van der Waals surface area (Å²) in [6.45, 7) is 0.867. The monoisotopic (exact) mass is 230 g/mol. The molecule has 0 radical (unpaired) electrons. The lowest BCUT2D eigenvalue weighted by Gasteiger charge is -2.13. The van der Waals surface area contributed by atoms with Gasteiger partial charge in [0.25, 0.3) is 11.6 Å². The number of alkyl halides is 2. The van der Waals surface area contributed by atoms with Gasteiger partial charge in [0, 0.05) is 18.1 Å². The molecular formula is C10H12F2N2O2. The molecule has 0 amide bonds. The molecule has 0 aliphatic heterocycles. The summed E-state index contributed by atoms with van der Waals surface area (Å²) in [5.74, 6) is -3.11. The number of nitrogens with zero attached hydrogens (tertiary/aromatic N) is 1. The molecule has 0 aliphatic carbocycles. The Bertz CT molecular complexity index is 408. The smallest absolute Gasteiger partial charge is 0.272 e. The lowest BCUT2D eigenvalue weighted by Crippen LogP contribution is -2.30. The van der Waals surface area contributed by atoms with Gasteiger partial charge in [-0.25, -0.2) is 8.78 Å². The Morgan fingerprint density at radius 1 is 1.50 bits per heavy atom. The average molecular weight is 230 g/mol. The van der Waals surface area contributed by atoms with E-state index in [1.54, 1.807) is 6.92 Å². The predicted molar refractivity (Wildman–Crippen MR) is 55.5 cm³/mol. The predicted octanol–water partition coefficient (Wildman–Crippen LogP) is 2.04. The van der Waals surface area contributed by atoms with Crippen LogP contribution >= 0.6 is 0 Å². The van der Waals surface area contributed by atoms with Crippen LogP contribution in [-0.2, 0) is 6.42 Å². The molecule has 0 saturated heterocycles. The van der Waals surface area contributed by atoms with Gasteiger partial charge in [-0.15, -0.1) is 0 Å². The quantitative estimate of drug-likeness (QED) is 0.635. The Kier molecular flexibility index (Phi) is 3.54. The average Bonchev–Trinajstić information content (AvgIpc) is 2.16. The van der Waals surface area contributed by atoms with E-state index in [9.17, 15) is 18.9 Å². The van der Waals surface area contributed by atoms with Gasteiger partial charge < -0.3 is 5.73 Å². The Hall–Kier alpha value is -1.56. The second-order valence-electron chi connectivity index (χ2n) is 3.63. The Morgan fingerprint density at radius 3 is 2.62 bits per heavy atom. The highest BCUT2D eigenvalue weighted by molar-refractivity contribution is 5.43. The Labute approximate surface area is 91.2 Å². The molecule has 0 bridgehead atoms. The summed E-state index contributed by atoms with van der Waals surface area (Å²) in [6, 6.07) is 4.14. The molecule has 0 aliphatic rings. The maximum Gasteiger partial charge on any atom is 0.272 e. The standard InChI is InChI=1S/C10H12F2N2O2/c1-7-2-3-9(14(15)16)8(4-7)5-10(11,12)6-13/h2-4H,5-6,13H2,1H3. The summed E-state index contributed by atoms with van der Waals surface area (Å²) in [7, 11) is 0. The number of nitro benzene ring substituents is 1. The molecule has 88 valence electrons. The maximum absolute atomic E-state index is 13.1. The molecule has 0 spiro atoms. The van der Waals surface area contributed by atoms with Gasteiger partial charge in [-0.05, 0) is 13.0 Å². The Balaban J connectivity index is 3.10. The topological polar surface area (TPSA) is 69.2 Å². The van der Waals surface area contributed by atoms with Crippen molar-refractivity contribution in [3.05, 3.63) is 39.4 Å². The van der Waals surface area contributed by atoms with Crippen LogP contribution in [0.5, 0.6) is 0 Å². The van der Waals surface area contributed by atoms with Gasteiger partial charge in [0.1, 0.15) is 0 Å². The van der Waals surface area contributed by atoms with Gasteiger partial charge in [-0.3, -0.25) is 10.1 Å². The first-order chi connectivity index (χ1) is 7.35. The normalized spacial score (nSPS) is 11.5. The molecule has 6 heteroatoms. The molecule has 16 heavy (non-hydrogen) atoms. The van der Waals surface area contributed by atoms with Gasteiger partial charge in [-0.1, -0.05) is 11.6 Å².